The van der Waals surface area contributed by atoms with Crippen molar-refractivity contribution in [2.75, 3.05) is 22.9 Å². The van der Waals surface area contributed by atoms with E-state index in [9.17, 15) is 9.18 Å². The molecule has 2 aromatic carbocycles. The number of carbonyl (C=O) groups is 1. The molecule has 2 aliphatic carbocycles. The van der Waals surface area contributed by atoms with Crippen LogP contribution in [-0.2, 0) is 17.6 Å². The molecule has 0 amide bonds. The van der Waals surface area contributed by atoms with Crippen molar-refractivity contribution in [3.63, 3.8) is 0 Å². The first-order valence-electron chi connectivity index (χ1n) is 12.7. The maximum atomic E-state index is 14.5. The highest BCUT2D eigenvalue weighted by molar-refractivity contribution is 8.13. The summed E-state index contributed by atoms with van der Waals surface area (Å²) in [6.45, 7) is 2.87. The number of halogens is 1. The molecular weight excluding hydrogens is 459 g/mol. The number of fused-ring (bicyclic) bond motifs is 2. The minimum Gasteiger partial charge on any atom is -0.385 e. The van der Waals surface area contributed by atoms with Crippen LogP contribution in [0.1, 0.15) is 61.8 Å². The van der Waals surface area contributed by atoms with Gasteiger partial charge in [0.2, 0.25) is 0 Å². The molecule has 0 fully saturated rings. The molecule has 3 aromatic rings. The second kappa shape index (κ2) is 10.9. The summed E-state index contributed by atoms with van der Waals surface area (Å²) in [5, 5.41) is 7.26. The molecule has 0 radical (unpaired) electrons. The molecule has 0 saturated heterocycles. The van der Waals surface area contributed by atoms with Crippen molar-refractivity contribution in [2.24, 2.45) is 5.92 Å². The minimum absolute atomic E-state index is 0.0921. The summed E-state index contributed by atoms with van der Waals surface area (Å²) in [5.74, 6) is 1.20. The first-order valence-corrected chi connectivity index (χ1v) is 13.7. The zero-order valence-electron chi connectivity index (χ0n) is 20.2. The van der Waals surface area contributed by atoms with Crippen LogP contribution < -0.4 is 10.6 Å². The Kier molecular flexibility index (Phi) is 7.42. The summed E-state index contributed by atoms with van der Waals surface area (Å²) >= 11 is 1.47. The van der Waals surface area contributed by atoms with Gasteiger partial charge in [0.1, 0.15) is 5.52 Å². The van der Waals surface area contributed by atoms with Crippen molar-refractivity contribution >= 4 is 39.3 Å². The van der Waals surface area contributed by atoms with Crippen LogP contribution in [0.5, 0.6) is 0 Å². The third-order valence-electron chi connectivity index (χ3n) is 7.06. The Hall–Kier alpha value is -2.80. The molecule has 0 bridgehead atoms. The molecule has 35 heavy (non-hydrogen) atoms. The highest BCUT2D eigenvalue weighted by atomic mass is 32.2. The van der Waals surface area contributed by atoms with Gasteiger partial charge < -0.3 is 15.6 Å². The minimum atomic E-state index is -0.328. The van der Waals surface area contributed by atoms with E-state index in [0.29, 0.717) is 23.4 Å². The Bertz CT molecular complexity index is 1240. The molecule has 3 N–H and O–H groups in total. The van der Waals surface area contributed by atoms with Crippen LogP contribution in [0.4, 0.5) is 15.8 Å². The molecular formula is C28H33FN4OS. The summed E-state index contributed by atoms with van der Waals surface area (Å²) < 4.78 is 14.5. The number of imidazole rings is 1. The second-order valence-electron chi connectivity index (χ2n) is 9.54. The molecule has 1 aromatic heterocycles. The van der Waals surface area contributed by atoms with E-state index in [-0.39, 0.29) is 17.0 Å². The Morgan fingerprint density at radius 1 is 1.26 bits per heavy atom. The number of thioether (sulfide) groups is 1. The highest BCUT2D eigenvalue weighted by Crippen LogP contribution is 2.37. The van der Waals surface area contributed by atoms with Crippen molar-refractivity contribution in [3.05, 3.63) is 65.3 Å². The summed E-state index contributed by atoms with van der Waals surface area (Å²) in [6.07, 6.45) is 13.0. The van der Waals surface area contributed by atoms with E-state index in [1.165, 1.54) is 48.1 Å². The number of hydrogen-bond acceptors (Lipinski definition) is 5. The summed E-state index contributed by atoms with van der Waals surface area (Å²) in [5.41, 5.74) is 6.41. The van der Waals surface area contributed by atoms with E-state index in [0.717, 1.165) is 54.9 Å². The average molecular weight is 493 g/mol. The van der Waals surface area contributed by atoms with Gasteiger partial charge in [-0.05, 0) is 86.3 Å². The number of carbonyl (C=O) groups excluding carboxylic acids is 1. The quantitative estimate of drug-likeness (QED) is 0.287. The summed E-state index contributed by atoms with van der Waals surface area (Å²) in [7, 11) is 0. The molecule has 0 spiro atoms. The van der Waals surface area contributed by atoms with Gasteiger partial charge >= 0.3 is 0 Å². The monoisotopic (exact) mass is 492 g/mol. The number of nitrogens with zero attached hydrogens (tertiary/aromatic N) is 1. The first kappa shape index (κ1) is 23.9. The molecule has 184 valence electrons. The second-order valence-corrected chi connectivity index (χ2v) is 10.7. The van der Waals surface area contributed by atoms with E-state index in [4.69, 9.17) is 0 Å². The SMILES string of the molecule is CCNc1cc2c(cc1CC(=O)SCCC1C=CCC1)CCCC2Nc1cc(F)c2nc[nH]c2c1. The van der Waals surface area contributed by atoms with Crippen LogP contribution >= 0.6 is 11.8 Å². The number of H-pyrrole nitrogens is 1. The lowest BCUT2D eigenvalue weighted by atomic mass is 9.85. The molecule has 5 nitrogen and oxygen atoms in total. The van der Waals surface area contributed by atoms with Crippen LogP contribution in [0, 0.1) is 11.7 Å². The van der Waals surface area contributed by atoms with Gasteiger partial charge in [-0.25, -0.2) is 9.37 Å². The van der Waals surface area contributed by atoms with E-state index in [1.807, 2.05) is 6.07 Å². The van der Waals surface area contributed by atoms with Crippen LogP contribution in [0.2, 0.25) is 0 Å². The van der Waals surface area contributed by atoms with Gasteiger partial charge in [-0.2, -0.15) is 0 Å². The topological polar surface area (TPSA) is 69.8 Å². The number of allylic oxidation sites excluding steroid dienone is 2. The summed E-state index contributed by atoms with van der Waals surface area (Å²) in [4.78, 5) is 19.8. The predicted molar refractivity (Wildman–Crippen MR) is 144 cm³/mol. The molecule has 0 saturated carbocycles. The third-order valence-corrected chi connectivity index (χ3v) is 7.97. The largest absolute Gasteiger partial charge is 0.385 e. The van der Waals surface area contributed by atoms with Crippen molar-refractivity contribution in [1.82, 2.24) is 9.97 Å². The maximum Gasteiger partial charge on any atom is 0.193 e. The first-order chi connectivity index (χ1) is 17.1. The Morgan fingerprint density at radius 3 is 3.00 bits per heavy atom. The molecule has 0 aliphatic heterocycles. The van der Waals surface area contributed by atoms with Gasteiger partial charge in [0.05, 0.1) is 17.9 Å². The van der Waals surface area contributed by atoms with Crippen molar-refractivity contribution < 1.29 is 9.18 Å². The fourth-order valence-corrected chi connectivity index (χ4v) is 6.22. The van der Waals surface area contributed by atoms with Crippen LogP contribution in [-0.4, -0.2) is 27.4 Å². The van der Waals surface area contributed by atoms with Crippen LogP contribution in [0.3, 0.4) is 0 Å². The lowest BCUT2D eigenvalue weighted by Crippen LogP contribution is -2.19. The van der Waals surface area contributed by atoms with Crippen molar-refractivity contribution in [1.29, 1.82) is 0 Å². The Labute approximate surface area is 210 Å². The normalized spacial score (nSPS) is 19.1. The number of anilines is 2. The number of hydrogen-bond donors (Lipinski definition) is 3. The highest BCUT2D eigenvalue weighted by Gasteiger charge is 2.23. The molecule has 1 heterocycles. The standard InChI is InChI=1S/C28H33FN4OS/c1-2-30-25-16-22-19(12-20(25)13-27(34)35-11-10-18-6-3-4-7-18)8-5-9-24(22)33-21-14-23(29)28-26(15-21)31-17-32-28/h3,6,12,14-18,24,30,33H,2,4-5,7-11,13H2,1H3,(H,31,32). The van der Waals surface area contributed by atoms with Gasteiger partial charge in [-0.3, -0.25) is 4.79 Å². The van der Waals surface area contributed by atoms with E-state index >= 15 is 0 Å². The third kappa shape index (κ3) is 5.56. The van der Waals surface area contributed by atoms with Gasteiger partial charge in [-0.15, -0.1) is 0 Å². The molecule has 5 rings (SSSR count). The lowest BCUT2D eigenvalue weighted by molar-refractivity contribution is -0.110. The molecule has 2 unspecified atom stereocenters. The summed E-state index contributed by atoms with van der Waals surface area (Å²) in [6, 6.07) is 7.95. The maximum absolute atomic E-state index is 14.5. The van der Waals surface area contributed by atoms with Crippen LogP contribution in [0.25, 0.3) is 11.0 Å². The Balaban J connectivity index is 1.31. The zero-order chi connectivity index (χ0) is 24.2. The molecule has 2 aliphatic rings. The number of nitrogens with one attached hydrogen (secondary N) is 3. The molecule has 2 atom stereocenters. The van der Waals surface area contributed by atoms with Gasteiger partial charge in [-0.1, -0.05) is 30.0 Å². The average Bonchev–Trinajstić information content (AvgIpc) is 3.52. The number of aryl methyl sites for hydroxylation is 1. The number of rotatable bonds is 9. The van der Waals surface area contributed by atoms with E-state index < -0.39 is 0 Å². The van der Waals surface area contributed by atoms with Gasteiger partial charge in [0, 0.05) is 30.1 Å². The lowest BCUT2D eigenvalue weighted by Gasteiger charge is -2.29. The van der Waals surface area contributed by atoms with E-state index in [1.54, 1.807) is 0 Å². The fourth-order valence-electron chi connectivity index (χ4n) is 5.31. The Morgan fingerprint density at radius 2 is 2.17 bits per heavy atom. The van der Waals surface area contributed by atoms with Crippen LogP contribution in [0.15, 0.2) is 42.7 Å². The number of benzene rings is 2. The van der Waals surface area contributed by atoms with Crippen molar-refractivity contribution in [2.45, 2.75) is 57.9 Å². The number of aromatic amines is 1. The predicted octanol–water partition coefficient (Wildman–Crippen LogP) is 6.78. The molecule has 7 heteroatoms. The van der Waals surface area contributed by atoms with Crippen molar-refractivity contribution in [3.8, 4) is 0 Å². The fraction of sp³-hybridized carbons (Fsp3) is 0.429. The van der Waals surface area contributed by atoms with Gasteiger partial charge in [0.15, 0.2) is 10.9 Å². The number of aromatic nitrogens is 2. The zero-order valence-corrected chi connectivity index (χ0v) is 21.0. The van der Waals surface area contributed by atoms with E-state index in [2.05, 4.69) is 51.8 Å². The van der Waals surface area contributed by atoms with Gasteiger partial charge in [0.25, 0.3) is 0 Å². The smallest absolute Gasteiger partial charge is 0.193 e.